The van der Waals surface area contributed by atoms with Gasteiger partial charge in [0.15, 0.2) is 5.96 Å². The van der Waals surface area contributed by atoms with E-state index in [1.54, 1.807) is 6.26 Å². The SMILES string of the molecule is c1coc(CCNC(=NCCCOCC2CC2)NCCN2CCOCC2)c1. The van der Waals surface area contributed by atoms with E-state index in [2.05, 4.69) is 15.5 Å². The highest BCUT2D eigenvalue weighted by Crippen LogP contribution is 2.28. The minimum absolute atomic E-state index is 0.776. The minimum Gasteiger partial charge on any atom is -0.469 e. The summed E-state index contributed by atoms with van der Waals surface area (Å²) < 4.78 is 16.5. The van der Waals surface area contributed by atoms with Crippen LogP contribution in [0.15, 0.2) is 27.8 Å². The van der Waals surface area contributed by atoms with Gasteiger partial charge in [0.1, 0.15) is 5.76 Å². The summed E-state index contributed by atoms with van der Waals surface area (Å²) in [4.78, 5) is 7.12. The molecule has 0 unspecified atom stereocenters. The van der Waals surface area contributed by atoms with Crippen LogP contribution in [0.3, 0.4) is 0 Å². The zero-order valence-corrected chi connectivity index (χ0v) is 16.3. The molecular weight excluding hydrogens is 344 g/mol. The maximum Gasteiger partial charge on any atom is 0.191 e. The van der Waals surface area contributed by atoms with Gasteiger partial charge >= 0.3 is 0 Å². The van der Waals surface area contributed by atoms with Gasteiger partial charge in [-0.25, -0.2) is 0 Å². The second-order valence-electron chi connectivity index (χ2n) is 7.24. The van der Waals surface area contributed by atoms with Crippen molar-refractivity contribution in [1.82, 2.24) is 15.5 Å². The van der Waals surface area contributed by atoms with Crippen LogP contribution in [0.2, 0.25) is 0 Å². The highest BCUT2D eigenvalue weighted by molar-refractivity contribution is 5.79. The molecule has 1 saturated carbocycles. The van der Waals surface area contributed by atoms with E-state index in [9.17, 15) is 0 Å². The van der Waals surface area contributed by atoms with Gasteiger partial charge < -0.3 is 24.5 Å². The monoisotopic (exact) mass is 378 g/mol. The van der Waals surface area contributed by atoms with E-state index in [4.69, 9.17) is 18.9 Å². The van der Waals surface area contributed by atoms with Crippen molar-refractivity contribution in [2.24, 2.45) is 10.9 Å². The van der Waals surface area contributed by atoms with Crippen molar-refractivity contribution in [1.29, 1.82) is 0 Å². The van der Waals surface area contributed by atoms with Crippen molar-refractivity contribution in [3.05, 3.63) is 24.2 Å². The summed E-state index contributed by atoms with van der Waals surface area (Å²) in [6.45, 7) is 8.89. The van der Waals surface area contributed by atoms with E-state index in [0.29, 0.717) is 0 Å². The maximum absolute atomic E-state index is 5.69. The number of aliphatic imine (C=N–C) groups is 1. The van der Waals surface area contributed by atoms with Crippen molar-refractivity contribution in [2.75, 3.05) is 65.7 Å². The van der Waals surface area contributed by atoms with Crippen LogP contribution in [0.25, 0.3) is 0 Å². The fourth-order valence-corrected chi connectivity index (χ4v) is 2.98. The highest BCUT2D eigenvalue weighted by Gasteiger charge is 2.20. The van der Waals surface area contributed by atoms with E-state index in [0.717, 1.165) is 96.2 Å². The third-order valence-electron chi connectivity index (χ3n) is 4.84. The van der Waals surface area contributed by atoms with Crippen LogP contribution in [0, 0.1) is 5.92 Å². The largest absolute Gasteiger partial charge is 0.469 e. The van der Waals surface area contributed by atoms with E-state index in [1.165, 1.54) is 12.8 Å². The second kappa shape index (κ2) is 12.0. The first-order valence-electron chi connectivity index (χ1n) is 10.3. The fraction of sp³-hybridized carbons (Fsp3) is 0.750. The van der Waals surface area contributed by atoms with Crippen LogP contribution in [-0.2, 0) is 15.9 Å². The number of nitrogens with one attached hydrogen (secondary N) is 2. The van der Waals surface area contributed by atoms with Crippen molar-refractivity contribution in [3.63, 3.8) is 0 Å². The van der Waals surface area contributed by atoms with Crippen LogP contribution < -0.4 is 10.6 Å². The molecule has 1 aromatic rings. The van der Waals surface area contributed by atoms with Gasteiger partial charge in [0.05, 0.1) is 19.5 Å². The summed E-state index contributed by atoms with van der Waals surface area (Å²) >= 11 is 0. The molecule has 0 amide bonds. The fourth-order valence-electron chi connectivity index (χ4n) is 2.98. The second-order valence-corrected chi connectivity index (χ2v) is 7.24. The first-order valence-corrected chi connectivity index (χ1v) is 10.3. The predicted molar refractivity (Wildman–Crippen MR) is 106 cm³/mol. The van der Waals surface area contributed by atoms with Gasteiger partial charge in [0, 0.05) is 58.9 Å². The Balaban J connectivity index is 1.33. The van der Waals surface area contributed by atoms with E-state index in [1.807, 2.05) is 12.1 Å². The Labute approximate surface area is 162 Å². The molecule has 1 aliphatic carbocycles. The summed E-state index contributed by atoms with van der Waals surface area (Å²) in [5.41, 5.74) is 0. The number of ether oxygens (including phenoxy) is 2. The number of furan rings is 1. The van der Waals surface area contributed by atoms with Gasteiger partial charge in [0.25, 0.3) is 0 Å². The molecule has 152 valence electrons. The zero-order chi connectivity index (χ0) is 18.6. The Morgan fingerprint density at radius 3 is 2.85 bits per heavy atom. The molecule has 2 N–H and O–H groups in total. The number of hydrogen-bond donors (Lipinski definition) is 2. The maximum atomic E-state index is 5.69. The van der Waals surface area contributed by atoms with Gasteiger partial charge in [-0.2, -0.15) is 0 Å². The molecule has 3 rings (SSSR count). The van der Waals surface area contributed by atoms with Crippen LogP contribution >= 0.6 is 0 Å². The molecule has 7 nitrogen and oxygen atoms in total. The highest BCUT2D eigenvalue weighted by atomic mass is 16.5. The molecule has 2 fully saturated rings. The van der Waals surface area contributed by atoms with Crippen LogP contribution in [0.5, 0.6) is 0 Å². The van der Waals surface area contributed by atoms with Gasteiger partial charge in [-0.3, -0.25) is 9.89 Å². The summed E-state index contributed by atoms with van der Waals surface area (Å²) in [5, 5.41) is 6.86. The van der Waals surface area contributed by atoms with Gasteiger partial charge in [-0.15, -0.1) is 0 Å². The lowest BCUT2D eigenvalue weighted by molar-refractivity contribution is 0.0389. The third kappa shape index (κ3) is 8.77. The number of hydrogen-bond acceptors (Lipinski definition) is 5. The normalized spacial score (nSPS) is 18.6. The molecule has 0 atom stereocenters. The predicted octanol–water partition coefficient (Wildman–Crippen LogP) is 1.51. The summed E-state index contributed by atoms with van der Waals surface area (Å²) in [6, 6.07) is 3.92. The standard InChI is InChI=1S/C20H34N4O3/c1-3-19(27-14-1)6-8-22-20(21-7-2-13-26-17-18-4-5-18)23-9-10-24-11-15-25-16-12-24/h1,3,14,18H,2,4-13,15-17H2,(H2,21,22,23). The van der Waals surface area contributed by atoms with Gasteiger partial charge in [0.2, 0.25) is 0 Å². The quantitative estimate of drug-likeness (QED) is 0.326. The van der Waals surface area contributed by atoms with Gasteiger partial charge in [-0.05, 0) is 37.3 Å². The van der Waals surface area contributed by atoms with Crippen molar-refractivity contribution in [3.8, 4) is 0 Å². The zero-order valence-electron chi connectivity index (χ0n) is 16.3. The molecule has 2 heterocycles. The Morgan fingerprint density at radius 1 is 1.22 bits per heavy atom. The molecule has 0 bridgehead atoms. The summed E-state index contributed by atoms with van der Waals surface area (Å²) in [5.74, 6) is 2.69. The molecule has 7 heteroatoms. The first-order chi connectivity index (χ1) is 13.4. The molecule has 0 spiro atoms. The average Bonchev–Trinajstić information content (AvgIpc) is 3.38. The number of guanidine groups is 1. The van der Waals surface area contributed by atoms with E-state index < -0.39 is 0 Å². The van der Waals surface area contributed by atoms with Crippen molar-refractivity contribution in [2.45, 2.75) is 25.7 Å². The van der Waals surface area contributed by atoms with Crippen LogP contribution in [-0.4, -0.2) is 76.6 Å². The molecule has 1 aliphatic heterocycles. The molecule has 1 saturated heterocycles. The number of rotatable bonds is 12. The Hall–Kier alpha value is -1.57. The Bertz CT molecular complexity index is 525. The smallest absolute Gasteiger partial charge is 0.191 e. The Kier molecular flexibility index (Phi) is 8.97. The van der Waals surface area contributed by atoms with E-state index in [-0.39, 0.29) is 0 Å². The lowest BCUT2D eigenvalue weighted by Crippen LogP contribution is -2.44. The topological polar surface area (TPSA) is 71.3 Å². The number of nitrogens with zero attached hydrogens (tertiary/aromatic N) is 2. The minimum atomic E-state index is 0.776. The molecule has 0 aromatic carbocycles. The van der Waals surface area contributed by atoms with Crippen molar-refractivity contribution < 1.29 is 13.9 Å². The Morgan fingerprint density at radius 2 is 2.07 bits per heavy atom. The van der Waals surface area contributed by atoms with E-state index >= 15 is 0 Å². The molecule has 0 radical (unpaired) electrons. The van der Waals surface area contributed by atoms with Crippen LogP contribution in [0.4, 0.5) is 0 Å². The molecule has 1 aromatic heterocycles. The van der Waals surface area contributed by atoms with Crippen molar-refractivity contribution >= 4 is 5.96 Å². The van der Waals surface area contributed by atoms with Gasteiger partial charge in [-0.1, -0.05) is 0 Å². The lowest BCUT2D eigenvalue weighted by atomic mass is 10.3. The summed E-state index contributed by atoms with van der Waals surface area (Å²) in [7, 11) is 0. The first kappa shape index (κ1) is 20.2. The molecular formula is C20H34N4O3. The summed E-state index contributed by atoms with van der Waals surface area (Å²) in [6.07, 6.45) is 6.21. The molecule has 2 aliphatic rings. The average molecular weight is 379 g/mol. The number of morpholine rings is 1. The molecule has 27 heavy (non-hydrogen) atoms. The lowest BCUT2D eigenvalue weighted by Gasteiger charge is -2.26. The third-order valence-corrected chi connectivity index (χ3v) is 4.84. The van der Waals surface area contributed by atoms with Crippen LogP contribution in [0.1, 0.15) is 25.0 Å².